The highest BCUT2D eigenvalue weighted by Gasteiger charge is 2.32. The summed E-state index contributed by atoms with van der Waals surface area (Å²) in [6.45, 7) is 4.85. The van der Waals surface area contributed by atoms with Gasteiger partial charge in [-0.15, -0.1) is 0 Å². The van der Waals surface area contributed by atoms with E-state index in [1.165, 1.54) is 0 Å². The van der Waals surface area contributed by atoms with Crippen LogP contribution in [0.5, 0.6) is 5.75 Å². The fourth-order valence-corrected chi connectivity index (χ4v) is 3.97. The molecule has 3 heterocycles. The molecule has 7 heteroatoms. The molecule has 1 saturated heterocycles. The van der Waals surface area contributed by atoms with Crippen LogP contribution in [-0.2, 0) is 4.74 Å². The lowest BCUT2D eigenvalue weighted by molar-refractivity contribution is 0.0398. The van der Waals surface area contributed by atoms with Gasteiger partial charge in [-0.2, -0.15) is 0 Å². The molecule has 142 valence electrons. The summed E-state index contributed by atoms with van der Waals surface area (Å²) >= 11 is 0. The molecule has 0 bridgehead atoms. The van der Waals surface area contributed by atoms with Gasteiger partial charge in [0.2, 0.25) is 0 Å². The second kappa shape index (κ2) is 6.85. The summed E-state index contributed by atoms with van der Waals surface area (Å²) in [6, 6.07) is 6.94. The molecule has 1 aromatic carbocycles. The van der Waals surface area contributed by atoms with E-state index in [2.05, 4.69) is 20.2 Å². The number of benzene rings is 1. The number of aromatic hydroxyl groups is 1. The molecule has 2 N–H and O–H groups in total. The van der Waals surface area contributed by atoms with Gasteiger partial charge in [-0.3, -0.25) is 14.7 Å². The Hall–Kier alpha value is -3.03. The lowest BCUT2D eigenvalue weighted by Gasteiger charge is -2.26. The topological polar surface area (TPSA) is 87.6 Å². The van der Waals surface area contributed by atoms with Gasteiger partial charge in [0, 0.05) is 61.2 Å². The van der Waals surface area contributed by atoms with E-state index in [1.54, 1.807) is 24.5 Å². The van der Waals surface area contributed by atoms with Crippen LogP contribution < -0.4 is 5.32 Å². The van der Waals surface area contributed by atoms with Gasteiger partial charge >= 0.3 is 0 Å². The van der Waals surface area contributed by atoms with E-state index >= 15 is 0 Å². The molecule has 1 fully saturated rings. The summed E-state index contributed by atoms with van der Waals surface area (Å²) in [6.07, 6.45) is 3.31. The fourth-order valence-electron chi connectivity index (χ4n) is 3.97. The Morgan fingerprint density at radius 1 is 1.14 bits per heavy atom. The zero-order valence-electron chi connectivity index (χ0n) is 15.3. The monoisotopic (exact) mass is 376 g/mol. The highest BCUT2D eigenvalue weighted by molar-refractivity contribution is 6.27. The summed E-state index contributed by atoms with van der Waals surface area (Å²) in [4.78, 5) is 24.2. The van der Waals surface area contributed by atoms with Gasteiger partial charge in [-0.25, -0.2) is 4.98 Å². The van der Waals surface area contributed by atoms with E-state index in [-0.39, 0.29) is 11.5 Å². The molecule has 0 unspecified atom stereocenters. The van der Waals surface area contributed by atoms with Crippen molar-refractivity contribution in [1.29, 1.82) is 0 Å². The number of anilines is 1. The van der Waals surface area contributed by atoms with Crippen molar-refractivity contribution in [3.63, 3.8) is 0 Å². The third-order valence-corrected chi connectivity index (χ3v) is 5.36. The molecule has 0 saturated carbocycles. The zero-order chi connectivity index (χ0) is 19.1. The molecule has 28 heavy (non-hydrogen) atoms. The van der Waals surface area contributed by atoms with E-state index in [1.807, 2.05) is 12.1 Å². The maximum atomic E-state index is 13.1. The number of hydrogen-bond acceptors (Lipinski definition) is 7. The lowest BCUT2D eigenvalue weighted by Crippen LogP contribution is -2.39. The molecule has 0 radical (unpaired) electrons. The van der Waals surface area contributed by atoms with Gasteiger partial charge in [-0.05, 0) is 23.8 Å². The Morgan fingerprint density at radius 3 is 2.86 bits per heavy atom. The van der Waals surface area contributed by atoms with Crippen LogP contribution in [0, 0.1) is 0 Å². The van der Waals surface area contributed by atoms with Gasteiger partial charge in [-0.1, -0.05) is 0 Å². The van der Waals surface area contributed by atoms with Crippen molar-refractivity contribution in [1.82, 2.24) is 14.9 Å². The molecule has 7 nitrogen and oxygen atoms in total. The number of aromatic nitrogens is 2. The van der Waals surface area contributed by atoms with Crippen molar-refractivity contribution in [2.24, 2.45) is 0 Å². The minimum Gasteiger partial charge on any atom is -0.508 e. The van der Waals surface area contributed by atoms with E-state index in [0.717, 1.165) is 49.4 Å². The fraction of sp³-hybridized carbons (Fsp3) is 0.286. The second-order valence-corrected chi connectivity index (χ2v) is 7.04. The van der Waals surface area contributed by atoms with Crippen molar-refractivity contribution in [3.8, 4) is 16.9 Å². The van der Waals surface area contributed by atoms with Crippen LogP contribution >= 0.6 is 0 Å². The summed E-state index contributed by atoms with van der Waals surface area (Å²) in [5.41, 5.74) is 3.56. The quantitative estimate of drug-likeness (QED) is 0.565. The number of phenols is 1. The van der Waals surface area contributed by atoms with Crippen LogP contribution in [0.25, 0.3) is 22.0 Å². The van der Waals surface area contributed by atoms with E-state index < -0.39 is 0 Å². The van der Waals surface area contributed by atoms with Gasteiger partial charge < -0.3 is 15.2 Å². The zero-order valence-corrected chi connectivity index (χ0v) is 15.3. The summed E-state index contributed by atoms with van der Waals surface area (Å²) in [5.74, 6) is 0.649. The average molecular weight is 376 g/mol. The van der Waals surface area contributed by atoms with Crippen LogP contribution in [0.15, 0.2) is 36.7 Å². The number of rotatable bonds is 4. The standard InChI is InChI=1S/C21H20N4O3/c26-13-1-2-15-17(11-13)24-21(23-5-6-25-7-9-28-10-8-25)19-18(15)14-3-4-22-12-16(14)20(19)27/h1-4,11-12,26H,5-10H2,(H,23,24). The molecule has 2 aliphatic rings. The van der Waals surface area contributed by atoms with Gasteiger partial charge in [0.05, 0.1) is 24.3 Å². The lowest BCUT2D eigenvalue weighted by atomic mass is 10.0. The van der Waals surface area contributed by atoms with Crippen LogP contribution in [-0.4, -0.2) is 65.2 Å². The number of hydrogen-bond donors (Lipinski definition) is 2. The van der Waals surface area contributed by atoms with Gasteiger partial charge in [0.25, 0.3) is 0 Å². The van der Waals surface area contributed by atoms with E-state index in [9.17, 15) is 9.90 Å². The number of pyridine rings is 2. The molecule has 1 aliphatic heterocycles. The largest absolute Gasteiger partial charge is 0.508 e. The number of ketones is 1. The van der Waals surface area contributed by atoms with Crippen LogP contribution in [0.1, 0.15) is 15.9 Å². The Kier molecular flexibility index (Phi) is 4.18. The molecule has 0 spiro atoms. The SMILES string of the molecule is O=C1c2cnccc2-c2c1c(NCCN1CCOCC1)nc1cc(O)ccc21. The van der Waals surface area contributed by atoms with E-state index in [0.29, 0.717) is 29.0 Å². The molecule has 5 rings (SSSR count). The number of ether oxygens (including phenoxy) is 1. The normalized spacial score (nSPS) is 16.2. The molecule has 0 amide bonds. The molecular formula is C21H20N4O3. The van der Waals surface area contributed by atoms with Crippen LogP contribution in [0.2, 0.25) is 0 Å². The van der Waals surface area contributed by atoms with E-state index in [4.69, 9.17) is 4.74 Å². The van der Waals surface area contributed by atoms with Crippen molar-refractivity contribution in [2.45, 2.75) is 0 Å². The van der Waals surface area contributed by atoms with Crippen molar-refractivity contribution >= 4 is 22.5 Å². The highest BCUT2D eigenvalue weighted by atomic mass is 16.5. The third-order valence-electron chi connectivity index (χ3n) is 5.36. The minimum atomic E-state index is -0.0607. The molecule has 3 aromatic rings. The first-order valence-corrected chi connectivity index (χ1v) is 9.42. The molecule has 2 aromatic heterocycles. The Morgan fingerprint density at radius 2 is 2.00 bits per heavy atom. The second-order valence-electron chi connectivity index (χ2n) is 7.04. The molecule has 0 atom stereocenters. The molecular weight excluding hydrogens is 356 g/mol. The van der Waals surface area contributed by atoms with Crippen molar-refractivity contribution < 1.29 is 14.6 Å². The van der Waals surface area contributed by atoms with Crippen molar-refractivity contribution in [3.05, 3.63) is 47.8 Å². The Bertz CT molecular complexity index is 1080. The smallest absolute Gasteiger partial charge is 0.199 e. The van der Waals surface area contributed by atoms with Gasteiger partial charge in [0.15, 0.2) is 5.78 Å². The summed E-state index contributed by atoms with van der Waals surface area (Å²) < 4.78 is 5.39. The summed E-state index contributed by atoms with van der Waals surface area (Å²) in [5, 5.41) is 14.1. The first-order chi connectivity index (χ1) is 13.7. The number of phenolic OH excluding ortho intramolecular Hbond substituents is 1. The number of fused-ring (bicyclic) bond motifs is 5. The maximum absolute atomic E-state index is 13.1. The number of carbonyl (C=O) groups excluding carboxylic acids is 1. The Balaban J connectivity index is 1.55. The first-order valence-electron chi connectivity index (χ1n) is 9.42. The van der Waals surface area contributed by atoms with Gasteiger partial charge in [0.1, 0.15) is 11.6 Å². The highest BCUT2D eigenvalue weighted by Crippen LogP contribution is 2.43. The van der Waals surface area contributed by atoms with Crippen LogP contribution in [0.3, 0.4) is 0 Å². The average Bonchev–Trinajstić information content (AvgIpc) is 3.02. The summed E-state index contributed by atoms with van der Waals surface area (Å²) in [7, 11) is 0. The number of carbonyl (C=O) groups is 1. The number of morpholine rings is 1. The van der Waals surface area contributed by atoms with Crippen LogP contribution in [0.4, 0.5) is 5.82 Å². The predicted octanol–water partition coefficient (Wildman–Crippen LogP) is 2.29. The minimum absolute atomic E-state index is 0.0607. The molecule has 1 aliphatic carbocycles. The number of nitrogens with one attached hydrogen (secondary N) is 1. The predicted molar refractivity (Wildman–Crippen MR) is 106 cm³/mol. The maximum Gasteiger partial charge on any atom is 0.199 e. The van der Waals surface area contributed by atoms with Crippen molar-refractivity contribution in [2.75, 3.05) is 44.7 Å². The first kappa shape index (κ1) is 17.1. The number of nitrogens with zero attached hydrogens (tertiary/aromatic N) is 3. The third kappa shape index (κ3) is 2.80. The Labute approximate surface area is 162 Å².